The molecule has 0 rings (SSSR count). The zero-order valence-corrected chi connectivity index (χ0v) is 8.02. The maximum Gasteiger partial charge on any atom is 0.232 e. The number of likely N-dealkylation sites (N-methyl/N-ethyl adjacent to an activating group) is 1. The van der Waals surface area contributed by atoms with Gasteiger partial charge in [-0.2, -0.15) is 11.8 Å². The molecule has 0 bridgehead atoms. The van der Waals surface area contributed by atoms with Crippen molar-refractivity contribution in [3.63, 3.8) is 0 Å². The van der Waals surface area contributed by atoms with E-state index in [1.165, 1.54) is 11.8 Å². The molecular weight excluding hydrogens is 162 g/mol. The van der Waals surface area contributed by atoms with Gasteiger partial charge in [-0.3, -0.25) is 4.79 Å². The minimum Gasteiger partial charge on any atom is -0.392 e. The average molecular weight is 177 g/mol. The molecule has 0 aliphatic heterocycles. The molecule has 0 aromatic rings. The first-order chi connectivity index (χ1) is 5.07. The maximum absolute atomic E-state index is 11.1. The molecule has 0 heterocycles. The number of hydrogen-bond donors (Lipinski definition) is 1. The predicted molar refractivity (Wildman–Crippen MR) is 47.7 cm³/mol. The Hall–Kier alpha value is -0.220. The highest BCUT2D eigenvalue weighted by Crippen LogP contribution is 1.96. The molecule has 1 unspecified atom stereocenters. The molecule has 0 saturated carbocycles. The lowest BCUT2D eigenvalue weighted by Gasteiger charge is -2.17. The first kappa shape index (κ1) is 10.8. The molecule has 11 heavy (non-hydrogen) atoms. The van der Waals surface area contributed by atoms with Crippen LogP contribution in [0.5, 0.6) is 0 Å². The molecular formula is C7H15NO2S. The van der Waals surface area contributed by atoms with Crippen LogP contribution in [-0.2, 0) is 4.79 Å². The highest BCUT2D eigenvalue weighted by molar-refractivity contribution is 7.99. The highest BCUT2D eigenvalue weighted by Gasteiger charge is 2.08. The van der Waals surface area contributed by atoms with Crippen LogP contribution in [0.2, 0.25) is 0 Å². The number of thioether (sulfide) groups is 1. The second-order valence-electron chi connectivity index (χ2n) is 2.56. The van der Waals surface area contributed by atoms with Crippen LogP contribution < -0.4 is 0 Å². The lowest BCUT2D eigenvalue weighted by Crippen LogP contribution is -2.34. The Morgan fingerprint density at radius 1 is 1.73 bits per heavy atom. The zero-order chi connectivity index (χ0) is 8.85. The zero-order valence-electron chi connectivity index (χ0n) is 7.20. The highest BCUT2D eigenvalue weighted by atomic mass is 32.2. The first-order valence-corrected chi connectivity index (χ1v) is 4.88. The van der Waals surface area contributed by atoms with Gasteiger partial charge in [-0.15, -0.1) is 0 Å². The van der Waals surface area contributed by atoms with Gasteiger partial charge in [0.1, 0.15) is 0 Å². The number of aliphatic hydroxyl groups excluding tert-OH is 1. The van der Waals surface area contributed by atoms with E-state index >= 15 is 0 Å². The molecule has 0 saturated heterocycles. The molecule has 0 aliphatic carbocycles. The molecule has 1 amide bonds. The van der Waals surface area contributed by atoms with Crippen LogP contribution >= 0.6 is 11.8 Å². The van der Waals surface area contributed by atoms with Crippen molar-refractivity contribution in [3.05, 3.63) is 0 Å². The van der Waals surface area contributed by atoms with Gasteiger partial charge in [-0.25, -0.2) is 0 Å². The Balaban J connectivity index is 3.64. The predicted octanol–water partition coefficient (Wildman–Crippen LogP) is 0.189. The van der Waals surface area contributed by atoms with E-state index in [4.69, 9.17) is 5.11 Å². The smallest absolute Gasteiger partial charge is 0.232 e. The van der Waals surface area contributed by atoms with Gasteiger partial charge in [0.05, 0.1) is 11.9 Å². The number of amides is 1. The van der Waals surface area contributed by atoms with E-state index in [1.807, 2.05) is 6.26 Å². The summed E-state index contributed by atoms with van der Waals surface area (Å²) >= 11 is 1.49. The van der Waals surface area contributed by atoms with Gasteiger partial charge >= 0.3 is 0 Å². The van der Waals surface area contributed by atoms with E-state index in [0.717, 1.165) is 0 Å². The molecule has 3 nitrogen and oxygen atoms in total. The van der Waals surface area contributed by atoms with Crippen molar-refractivity contribution in [2.75, 3.05) is 25.6 Å². The molecule has 0 aromatic carbocycles. The van der Waals surface area contributed by atoms with E-state index in [2.05, 4.69) is 0 Å². The van der Waals surface area contributed by atoms with Crippen LogP contribution in [0.4, 0.5) is 0 Å². The van der Waals surface area contributed by atoms with Gasteiger partial charge in [0.15, 0.2) is 0 Å². The lowest BCUT2D eigenvalue weighted by atomic mass is 10.4. The Morgan fingerprint density at radius 3 is 2.64 bits per heavy atom. The second-order valence-corrected chi connectivity index (χ2v) is 3.42. The third kappa shape index (κ3) is 5.09. The number of rotatable bonds is 4. The van der Waals surface area contributed by atoms with Crippen molar-refractivity contribution in [3.8, 4) is 0 Å². The van der Waals surface area contributed by atoms with Gasteiger partial charge in [0.25, 0.3) is 0 Å². The second kappa shape index (κ2) is 5.43. The third-order valence-corrected chi connectivity index (χ3v) is 1.77. The summed E-state index contributed by atoms with van der Waals surface area (Å²) in [5.74, 6) is 0.557. The van der Waals surface area contributed by atoms with E-state index in [1.54, 1.807) is 18.9 Å². The molecule has 0 aliphatic rings. The van der Waals surface area contributed by atoms with Crippen LogP contribution in [0.15, 0.2) is 0 Å². The Bertz CT molecular complexity index is 128. The standard InChI is InChI=1S/C7H15NO2S/c1-6(9)4-8(2)7(10)5-11-3/h6,9H,4-5H2,1-3H3. The molecule has 1 N–H and O–H groups in total. The number of carbonyl (C=O) groups is 1. The van der Waals surface area contributed by atoms with Crippen molar-refractivity contribution < 1.29 is 9.90 Å². The number of nitrogens with zero attached hydrogens (tertiary/aromatic N) is 1. The molecule has 0 spiro atoms. The van der Waals surface area contributed by atoms with Crippen LogP contribution in [0.3, 0.4) is 0 Å². The summed E-state index contributed by atoms with van der Waals surface area (Å²) < 4.78 is 0. The quantitative estimate of drug-likeness (QED) is 0.666. The van der Waals surface area contributed by atoms with E-state index in [-0.39, 0.29) is 5.91 Å². The van der Waals surface area contributed by atoms with Crippen molar-refractivity contribution in [2.45, 2.75) is 13.0 Å². The normalized spacial score (nSPS) is 12.7. The summed E-state index contributed by atoms with van der Waals surface area (Å²) in [7, 11) is 1.70. The fourth-order valence-corrected chi connectivity index (χ4v) is 1.20. The van der Waals surface area contributed by atoms with Gasteiger partial charge in [-0.1, -0.05) is 0 Å². The van der Waals surface area contributed by atoms with Gasteiger partial charge in [0.2, 0.25) is 5.91 Å². The van der Waals surface area contributed by atoms with Crippen molar-refractivity contribution in [1.82, 2.24) is 4.90 Å². The number of carbonyl (C=O) groups excluding carboxylic acids is 1. The Labute approximate surface area is 71.8 Å². The van der Waals surface area contributed by atoms with Crippen molar-refractivity contribution >= 4 is 17.7 Å². The number of hydrogen-bond acceptors (Lipinski definition) is 3. The van der Waals surface area contributed by atoms with Gasteiger partial charge in [0, 0.05) is 13.6 Å². The molecule has 0 fully saturated rings. The summed E-state index contributed by atoms with van der Waals surface area (Å²) in [5, 5.41) is 8.94. The lowest BCUT2D eigenvalue weighted by molar-refractivity contribution is -0.128. The largest absolute Gasteiger partial charge is 0.392 e. The fourth-order valence-electron chi connectivity index (χ4n) is 0.732. The Kier molecular flexibility index (Phi) is 5.32. The van der Waals surface area contributed by atoms with E-state index in [0.29, 0.717) is 12.3 Å². The first-order valence-electron chi connectivity index (χ1n) is 3.49. The summed E-state index contributed by atoms with van der Waals surface area (Å²) in [6.45, 7) is 2.09. The SMILES string of the molecule is CSCC(=O)N(C)CC(C)O. The summed E-state index contributed by atoms with van der Waals surface area (Å²) in [6, 6.07) is 0. The van der Waals surface area contributed by atoms with E-state index in [9.17, 15) is 4.79 Å². The minimum absolute atomic E-state index is 0.0680. The molecule has 4 heteroatoms. The topological polar surface area (TPSA) is 40.5 Å². The number of aliphatic hydroxyl groups is 1. The summed E-state index contributed by atoms with van der Waals surface area (Å²) in [5.41, 5.74) is 0. The van der Waals surface area contributed by atoms with Crippen molar-refractivity contribution in [1.29, 1.82) is 0 Å². The van der Waals surface area contributed by atoms with Crippen LogP contribution in [0.1, 0.15) is 6.92 Å². The third-order valence-electron chi connectivity index (χ3n) is 1.23. The summed E-state index contributed by atoms with van der Waals surface area (Å²) in [4.78, 5) is 12.6. The molecule has 66 valence electrons. The molecule has 1 atom stereocenters. The molecule has 0 aromatic heterocycles. The molecule has 0 radical (unpaired) electrons. The van der Waals surface area contributed by atoms with E-state index < -0.39 is 6.10 Å². The van der Waals surface area contributed by atoms with Crippen LogP contribution in [-0.4, -0.2) is 47.6 Å². The maximum atomic E-state index is 11.1. The van der Waals surface area contributed by atoms with Crippen LogP contribution in [0, 0.1) is 0 Å². The minimum atomic E-state index is -0.439. The van der Waals surface area contributed by atoms with Gasteiger partial charge < -0.3 is 10.0 Å². The van der Waals surface area contributed by atoms with Gasteiger partial charge in [-0.05, 0) is 13.2 Å². The summed E-state index contributed by atoms with van der Waals surface area (Å²) in [6.07, 6.45) is 1.44. The Morgan fingerprint density at radius 2 is 2.27 bits per heavy atom. The average Bonchev–Trinajstić information content (AvgIpc) is 1.86. The monoisotopic (exact) mass is 177 g/mol. The fraction of sp³-hybridized carbons (Fsp3) is 0.857. The van der Waals surface area contributed by atoms with Crippen LogP contribution in [0.25, 0.3) is 0 Å². The van der Waals surface area contributed by atoms with Crippen molar-refractivity contribution in [2.24, 2.45) is 0 Å².